The van der Waals surface area contributed by atoms with Crippen LogP contribution in [-0.4, -0.2) is 12.6 Å². The Hall–Kier alpha value is -0.610. The van der Waals surface area contributed by atoms with Crippen molar-refractivity contribution in [3.8, 4) is 0 Å². The predicted octanol–water partition coefficient (Wildman–Crippen LogP) is 3.43. The van der Waals surface area contributed by atoms with Crippen LogP contribution in [0.15, 0.2) is 22.7 Å². The fourth-order valence-corrected chi connectivity index (χ4v) is 2.01. The molecule has 0 saturated carbocycles. The van der Waals surface area contributed by atoms with Crippen LogP contribution in [0.4, 0.5) is 4.39 Å². The number of ether oxygens (including phenoxy) is 1. The summed E-state index contributed by atoms with van der Waals surface area (Å²) in [5.41, 5.74) is 0.497. The Morgan fingerprint density at radius 1 is 1.67 bits per heavy atom. The normalized spacial score (nSPS) is 12.3. The Balaban J connectivity index is 2.91. The monoisotopic (exact) mass is 294 g/mol. The van der Waals surface area contributed by atoms with Gasteiger partial charge < -0.3 is 4.74 Å². The van der Waals surface area contributed by atoms with Crippen LogP contribution in [0.1, 0.15) is 17.9 Å². The number of halogens is 3. The van der Waals surface area contributed by atoms with E-state index in [-0.39, 0.29) is 6.61 Å². The lowest BCUT2D eigenvalue weighted by atomic mass is 10.1. The van der Waals surface area contributed by atoms with Gasteiger partial charge in [0, 0.05) is 4.47 Å². The first kappa shape index (κ1) is 12.5. The SMILES string of the molecule is CCOC(=O)C(Cl)c1ccc(F)cc1Br. The Kier molecular flexibility index (Phi) is 4.54. The summed E-state index contributed by atoms with van der Waals surface area (Å²) in [7, 11) is 0. The summed E-state index contributed by atoms with van der Waals surface area (Å²) in [6.45, 7) is 1.96. The van der Waals surface area contributed by atoms with Crippen molar-refractivity contribution in [2.75, 3.05) is 6.61 Å². The minimum atomic E-state index is -0.917. The molecule has 0 saturated heterocycles. The van der Waals surface area contributed by atoms with Crippen LogP contribution >= 0.6 is 27.5 Å². The molecule has 0 spiro atoms. The minimum Gasteiger partial charge on any atom is -0.465 e. The van der Waals surface area contributed by atoms with E-state index in [0.29, 0.717) is 10.0 Å². The average Bonchev–Trinajstić information content (AvgIpc) is 2.17. The molecule has 5 heteroatoms. The molecule has 0 amide bonds. The first-order valence-corrected chi connectivity index (χ1v) is 5.55. The van der Waals surface area contributed by atoms with Gasteiger partial charge in [-0.15, -0.1) is 11.6 Å². The second-order valence-electron chi connectivity index (χ2n) is 2.78. The van der Waals surface area contributed by atoms with Crippen molar-refractivity contribution in [2.45, 2.75) is 12.3 Å². The minimum absolute atomic E-state index is 0.265. The number of rotatable bonds is 3. The topological polar surface area (TPSA) is 26.3 Å². The van der Waals surface area contributed by atoms with Gasteiger partial charge in [0.05, 0.1) is 6.61 Å². The third-order valence-electron chi connectivity index (χ3n) is 1.73. The summed E-state index contributed by atoms with van der Waals surface area (Å²) in [6.07, 6.45) is 0. The molecule has 1 atom stereocenters. The first-order valence-electron chi connectivity index (χ1n) is 4.32. The molecule has 1 rings (SSSR count). The molecular weight excluding hydrogens is 286 g/mol. The maximum Gasteiger partial charge on any atom is 0.328 e. The van der Waals surface area contributed by atoms with E-state index >= 15 is 0 Å². The van der Waals surface area contributed by atoms with Crippen molar-refractivity contribution in [1.82, 2.24) is 0 Å². The highest BCUT2D eigenvalue weighted by Crippen LogP contribution is 2.29. The van der Waals surface area contributed by atoms with Gasteiger partial charge >= 0.3 is 5.97 Å². The smallest absolute Gasteiger partial charge is 0.328 e. The number of hydrogen-bond donors (Lipinski definition) is 0. The number of carbonyl (C=O) groups is 1. The van der Waals surface area contributed by atoms with E-state index in [1.54, 1.807) is 6.92 Å². The van der Waals surface area contributed by atoms with E-state index in [1.807, 2.05) is 0 Å². The second kappa shape index (κ2) is 5.47. The molecule has 0 aromatic heterocycles. The van der Waals surface area contributed by atoms with Crippen LogP contribution in [0.2, 0.25) is 0 Å². The molecule has 0 aliphatic carbocycles. The van der Waals surface area contributed by atoms with E-state index in [0.717, 1.165) is 0 Å². The van der Waals surface area contributed by atoms with Crippen LogP contribution in [0.5, 0.6) is 0 Å². The van der Waals surface area contributed by atoms with Crippen LogP contribution in [-0.2, 0) is 9.53 Å². The quantitative estimate of drug-likeness (QED) is 0.631. The molecule has 0 bridgehead atoms. The molecule has 0 fully saturated rings. The van der Waals surface area contributed by atoms with Gasteiger partial charge in [-0.1, -0.05) is 22.0 Å². The molecule has 15 heavy (non-hydrogen) atoms. The zero-order valence-corrected chi connectivity index (χ0v) is 10.3. The first-order chi connectivity index (χ1) is 7.06. The molecule has 1 aromatic carbocycles. The Morgan fingerprint density at radius 3 is 2.87 bits per heavy atom. The third-order valence-corrected chi connectivity index (χ3v) is 2.83. The zero-order chi connectivity index (χ0) is 11.4. The average molecular weight is 296 g/mol. The Morgan fingerprint density at radius 2 is 2.33 bits per heavy atom. The van der Waals surface area contributed by atoms with E-state index in [2.05, 4.69) is 15.9 Å². The molecule has 1 unspecified atom stereocenters. The van der Waals surface area contributed by atoms with Crippen molar-refractivity contribution in [2.24, 2.45) is 0 Å². The molecule has 0 aliphatic heterocycles. The van der Waals surface area contributed by atoms with Crippen LogP contribution in [0.25, 0.3) is 0 Å². The highest BCUT2D eigenvalue weighted by Gasteiger charge is 2.21. The van der Waals surface area contributed by atoms with Crippen molar-refractivity contribution in [3.05, 3.63) is 34.1 Å². The molecular formula is C10H9BrClFO2. The molecule has 1 aromatic rings. The second-order valence-corrected chi connectivity index (χ2v) is 4.07. The summed E-state index contributed by atoms with van der Waals surface area (Å²) in [5.74, 6) is -0.926. The van der Waals surface area contributed by atoms with Gasteiger partial charge in [-0.2, -0.15) is 0 Å². The molecule has 0 aliphatic rings. The van der Waals surface area contributed by atoms with Crippen LogP contribution < -0.4 is 0 Å². The third kappa shape index (κ3) is 3.18. The maximum atomic E-state index is 12.8. The van der Waals surface area contributed by atoms with Crippen LogP contribution in [0.3, 0.4) is 0 Å². The van der Waals surface area contributed by atoms with Gasteiger partial charge in [0.25, 0.3) is 0 Å². The fraction of sp³-hybridized carbons (Fsp3) is 0.300. The van der Waals surface area contributed by atoms with E-state index in [1.165, 1.54) is 18.2 Å². The van der Waals surface area contributed by atoms with Crippen molar-refractivity contribution in [3.63, 3.8) is 0 Å². The Labute approximate surface area is 101 Å². The summed E-state index contributed by atoms with van der Waals surface area (Å²) in [6, 6.07) is 3.95. The van der Waals surface area contributed by atoms with E-state index < -0.39 is 17.2 Å². The van der Waals surface area contributed by atoms with E-state index in [4.69, 9.17) is 16.3 Å². The molecule has 0 radical (unpaired) electrons. The van der Waals surface area contributed by atoms with Gasteiger partial charge in [0.2, 0.25) is 0 Å². The van der Waals surface area contributed by atoms with Gasteiger partial charge in [-0.05, 0) is 24.6 Å². The van der Waals surface area contributed by atoms with Crippen LogP contribution in [0, 0.1) is 5.82 Å². The molecule has 2 nitrogen and oxygen atoms in total. The lowest BCUT2D eigenvalue weighted by Gasteiger charge is -2.10. The highest BCUT2D eigenvalue weighted by atomic mass is 79.9. The zero-order valence-electron chi connectivity index (χ0n) is 7.97. The molecule has 82 valence electrons. The highest BCUT2D eigenvalue weighted by molar-refractivity contribution is 9.10. The van der Waals surface area contributed by atoms with Gasteiger partial charge in [-0.3, -0.25) is 4.79 Å². The molecule has 0 heterocycles. The molecule has 0 N–H and O–H groups in total. The van der Waals surface area contributed by atoms with Gasteiger partial charge in [-0.25, -0.2) is 4.39 Å². The van der Waals surface area contributed by atoms with E-state index in [9.17, 15) is 9.18 Å². The van der Waals surface area contributed by atoms with Gasteiger partial charge in [0.15, 0.2) is 5.38 Å². The maximum absolute atomic E-state index is 12.8. The number of esters is 1. The number of hydrogen-bond acceptors (Lipinski definition) is 2. The lowest BCUT2D eigenvalue weighted by Crippen LogP contribution is -2.11. The standard InChI is InChI=1S/C10H9BrClFO2/c1-2-15-10(14)9(12)7-4-3-6(13)5-8(7)11/h3-5,9H,2H2,1H3. The number of benzene rings is 1. The van der Waals surface area contributed by atoms with Crippen molar-refractivity contribution >= 4 is 33.5 Å². The van der Waals surface area contributed by atoms with Crippen molar-refractivity contribution < 1.29 is 13.9 Å². The fourth-order valence-electron chi connectivity index (χ4n) is 1.05. The number of carbonyl (C=O) groups excluding carboxylic acids is 1. The summed E-state index contributed by atoms with van der Waals surface area (Å²) < 4.78 is 18.0. The Bertz CT molecular complexity index is 370. The van der Waals surface area contributed by atoms with Gasteiger partial charge in [0.1, 0.15) is 5.82 Å². The summed E-state index contributed by atoms with van der Waals surface area (Å²) in [4.78, 5) is 11.3. The van der Waals surface area contributed by atoms with Crippen molar-refractivity contribution in [1.29, 1.82) is 0 Å². The largest absolute Gasteiger partial charge is 0.465 e. The number of alkyl halides is 1. The summed E-state index contributed by atoms with van der Waals surface area (Å²) >= 11 is 9.00. The predicted molar refractivity (Wildman–Crippen MR) is 59.3 cm³/mol. The lowest BCUT2D eigenvalue weighted by molar-refractivity contribution is -0.142. The summed E-state index contributed by atoms with van der Waals surface area (Å²) in [5, 5.41) is -0.917.